The van der Waals surface area contributed by atoms with E-state index in [2.05, 4.69) is 35.8 Å². The minimum absolute atomic E-state index is 0.756. The van der Waals surface area contributed by atoms with Gasteiger partial charge in [-0.05, 0) is 50.9 Å². The maximum Gasteiger partial charge on any atom is 0.0223 e. The van der Waals surface area contributed by atoms with Crippen LogP contribution in [-0.4, -0.2) is 48.1 Å². The molecule has 0 spiro atoms. The van der Waals surface area contributed by atoms with Crippen LogP contribution in [0.4, 0.5) is 0 Å². The zero-order chi connectivity index (χ0) is 11.4. The standard InChI is InChI=1S/C13H26N2S/c1-3-16-10-11(2)15-8-4-7-14-13(9-15)12-5-6-12/h11-14H,3-10H2,1-2H3. The maximum absolute atomic E-state index is 3.74. The van der Waals surface area contributed by atoms with Crippen LogP contribution in [0.5, 0.6) is 0 Å². The average molecular weight is 242 g/mol. The van der Waals surface area contributed by atoms with E-state index in [1.165, 1.54) is 50.4 Å². The molecular formula is C13H26N2S. The highest BCUT2D eigenvalue weighted by molar-refractivity contribution is 7.99. The van der Waals surface area contributed by atoms with Crippen molar-refractivity contribution in [3.63, 3.8) is 0 Å². The molecule has 2 atom stereocenters. The quantitative estimate of drug-likeness (QED) is 0.796. The number of hydrogen-bond donors (Lipinski definition) is 1. The van der Waals surface area contributed by atoms with Crippen LogP contribution in [0.15, 0.2) is 0 Å². The predicted octanol–water partition coefficient (Wildman–Crippen LogP) is 2.20. The third-order valence-electron chi connectivity index (χ3n) is 3.84. The van der Waals surface area contributed by atoms with Crippen LogP contribution in [0.25, 0.3) is 0 Å². The van der Waals surface area contributed by atoms with Crippen molar-refractivity contribution in [2.24, 2.45) is 5.92 Å². The van der Waals surface area contributed by atoms with Crippen molar-refractivity contribution in [1.29, 1.82) is 0 Å². The first-order chi connectivity index (χ1) is 7.81. The van der Waals surface area contributed by atoms with Gasteiger partial charge < -0.3 is 5.32 Å². The van der Waals surface area contributed by atoms with Crippen LogP contribution in [0, 0.1) is 5.92 Å². The summed E-state index contributed by atoms with van der Waals surface area (Å²) in [5.41, 5.74) is 0. The molecule has 2 nitrogen and oxygen atoms in total. The predicted molar refractivity (Wildman–Crippen MR) is 73.2 cm³/mol. The van der Waals surface area contributed by atoms with Crippen molar-refractivity contribution in [2.45, 2.75) is 45.2 Å². The van der Waals surface area contributed by atoms with Crippen molar-refractivity contribution in [3.8, 4) is 0 Å². The number of thioether (sulfide) groups is 1. The summed E-state index contributed by atoms with van der Waals surface area (Å²) in [6.45, 7) is 8.47. The van der Waals surface area contributed by atoms with Crippen LogP contribution < -0.4 is 5.32 Å². The molecule has 0 bridgehead atoms. The maximum atomic E-state index is 3.74. The highest BCUT2D eigenvalue weighted by atomic mass is 32.2. The molecule has 1 saturated carbocycles. The third kappa shape index (κ3) is 3.64. The van der Waals surface area contributed by atoms with Crippen molar-refractivity contribution < 1.29 is 0 Å². The molecule has 2 rings (SSSR count). The van der Waals surface area contributed by atoms with E-state index in [0.29, 0.717) is 0 Å². The summed E-state index contributed by atoms with van der Waals surface area (Å²) < 4.78 is 0. The number of nitrogens with one attached hydrogen (secondary N) is 1. The van der Waals surface area contributed by atoms with Gasteiger partial charge in [-0.15, -0.1) is 0 Å². The lowest BCUT2D eigenvalue weighted by molar-refractivity contribution is 0.214. The van der Waals surface area contributed by atoms with E-state index in [0.717, 1.165) is 18.0 Å². The van der Waals surface area contributed by atoms with Gasteiger partial charge in [-0.3, -0.25) is 4.90 Å². The Hall–Kier alpha value is 0.270. The Morgan fingerprint density at radius 3 is 2.94 bits per heavy atom. The second kappa shape index (κ2) is 6.27. The molecule has 0 aromatic rings. The molecule has 1 N–H and O–H groups in total. The Bertz CT molecular complexity index is 206. The Morgan fingerprint density at radius 2 is 2.25 bits per heavy atom. The van der Waals surface area contributed by atoms with Crippen molar-refractivity contribution in [2.75, 3.05) is 31.1 Å². The molecule has 16 heavy (non-hydrogen) atoms. The minimum atomic E-state index is 0.756. The van der Waals surface area contributed by atoms with E-state index in [9.17, 15) is 0 Å². The molecule has 1 saturated heterocycles. The Balaban J connectivity index is 1.81. The van der Waals surface area contributed by atoms with Gasteiger partial charge in [-0.25, -0.2) is 0 Å². The van der Waals surface area contributed by atoms with Gasteiger partial charge in [0.1, 0.15) is 0 Å². The van der Waals surface area contributed by atoms with Crippen LogP contribution in [0.1, 0.15) is 33.1 Å². The van der Waals surface area contributed by atoms with Crippen LogP contribution in [0.2, 0.25) is 0 Å². The van der Waals surface area contributed by atoms with Crippen LogP contribution >= 0.6 is 11.8 Å². The highest BCUT2D eigenvalue weighted by Crippen LogP contribution is 2.33. The lowest BCUT2D eigenvalue weighted by Gasteiger charge is -2.30. The fourth-order valence-electron chi connectivity index (χ4n) is 2.59. The van der Waals surface area contributed by atoms with E-state index < -0.39 is 0 Å². The lowest BCUT2D eigenvalue weighted by atomic mass is 10.1. The second-order valence-corrected chi connectivity index (χ2v) is 6.57. The van der Waals surface area contributed by atoms with Crippen molar-refractivity contribution in [1.82, 2.24) is 10.2 Å². The van der Waals surface area contributed by atoms with Gasteiger partial charge in [0.05, 0.1) is 0 Å². The summed E-state index contributed by atoms with van der Waals surface area (Å²) in [6.07, 6.45) is 4.25. The van der Waals surface area contributed by atoms with E-state index in [4.69, 9.17) is 0 Å². The normalized spacial score (nSPS) is 30.0. The molecule has 2 aliphatic rings. The Morgan fingerprint density at radius 1 is 1.44 bits per heavy atom. The van der Waals surface area contributed by atoms with Gasteiger partial charge in [0, 0.05) is 24.4 Å². The SMILES string of the molecule is CCSCC(C)N1CCCNC(C2CC2)C1. The summed E-state index contributed by atoms with van der Waals surface area (Å²) in [6, 6.07) is 1.54. The molecule has 0 aromatic heterocycles. The molecule has 3 heteroatoms. The molecule has 94 valence electrons. The molecule has 1 aliphatic heterocycles. The van der Waals surface area contributed by atoms with E-state index in [1.54, 1.807) is 0 Å². The Labute approximate surface area is 105 Å². The minimum Gasteiger partial charge on any atom is -0.312 e. The largest absolute Gasteiger partial charge is 0.312 e. The fourth-order valence-corrected chi connectivity index (χ4v) is 3.37. The molecular weight excluding hydrogens is 216 g/mol. The summed E-state index contributed by atoms with van der Waals surface area (Å²) in [5.74, 6) is 3.54. The van der Waals surface area contributed by atoms with Gasteiger partial charge in [0.2, 0.25) is 0 Å². The van der Waals surface area contributed by atoms with Crippen molar-refractivity contribution >= 4 is 11.8 Å². The van der Waals surface area contributed by atoms with Gasteiger partial charge in [0.15, 0.2) is 0 Å². The number of rotatable bonds is 5. The first kappa shape index (κ1) is 12.7. The molecule has 2 fully saturated rings. The second-order valence-electron chi connectivity index (χ2n) is 5.26. The van der Waals surface area contributed by atoms with Crippen LogP contribution in [0.3, 0.4) is 0 Å². The first-order valence-electron chi connectivity index (χ1n) is 6.86. The van der Waals surface area contributed by atoms with E-state index in [-0.39, 0.29) is 0 Å². The number of nitrogens with zero attached hydrogens (tertiary/aromatic N) is 1. The van der Waals surface area contributed by atoms with E-state index in [1.807, 2.05) is 0 Å². The van der Waals surface area contributed by atoms with Crippen LogP contribution in [-0.2, 0) is 0 Å². The van der Waals surface area contributed by atoms with Gasteiger partial charge in [-0.1, -0.05) is 6.92 Å². The molecule has 1 aliphatic carbocycles. The third-order valence-corrected chi connectivity index (χ3v) is 4.96. The highest BCUT2D eigenvalue weighted by Gasteiger charge is 2.33. The lowest BCUT2D eigenvalue weighted by Crippen LogP contribution is -2.43. The van der Waals surface area contributed by atoms with Gasteiger partial charge in [0.25, 0.3) is 0 Å². The Kier molecular flexibility index (Phi) is 4.98. The smallest absolute Gasteiger partial charge is 0.0223 e. The average Bonchev–Trinajstić information content (AvgIpc) is 3.09. The first-order valence-corrected chi connectivity index (χ1v) is 8.02. The molecule has 0 radical (unpaired) electrons. The molecule has 2 unspecified atom stereocenters. The molecule has 0 aromatic carbocycles. The number of hydrogen-bond acceptors (Lipinski definition) is 3. The summed E-state index contributed by atoms with van der Waals surface area (Å²) >= 11 is 2.08. The fraction of sp³-hybridized carbons (Fsp3) is 1.00. The summed E-state index contributed by atoms with van der Waals surface area (Å²) in [7, 11) is 0. The zero-order valence-electron chi connectivity index (χ0n) is 10.7. The summed E-state index contributed by atoms with van der Waals surface area (Å²) in [5, 5.41) is 3.74. The van der Waals surface area contributed by atoms with E-state index >= 15 is 0 Å². The van der Waals surface area contributed by atoms with Gasteiger partial charge >= 0.3 is 0 Å². The summed E-state index contributed by atoms with van der Waals surface area (Å²) in [4.78, 5) is 2.71. The topological polar surface area (TPSA) is 15.3 Å². The van der Waals surface area contributed by atoms with Crippen molar-refractivity contribution in [3.05, 3.63) is 0 Å². The van der Waals surface area contributed by atoms with Gasteiger partial charge in [-0.2, -0.15) is 11.8 Å². The zero-order valence-corrected chi connectivity index (χ0v) is 11.6. The molecule has 1 heterocycles. The molecule has 0 amide bonds. The monoisotopic (exact) mass is 242 g/mol.